The van der Waals surface area contributed by atoms with E-state index in [1.807, 2.05) is 41.5 Å². The van der Waals surface area contributed by atoms with E-state index in [1.54, 1.807) is 12.1 Å². The van der Waals surface area contributed by atoms with E-state index >= 15 is 0 Å². The molecule has 0 bridgehead atoms. The number of carbonyl (C=O) groups is 2. The Labute approximate surface area is 280 Å². The Balaban J connectivity index is 0.000000344. The van der Waals surface area contributed by atoms with Gasteiger partial charge >= 0.3 is 0 Å². The summed E-state index contributed by atoms with van der Waals surface area (Å²) < 4.78 is 52.2. The first-order chi connectivity index (χ1) is 21.0. The van der Waals surface area contributed by atoms with Crippen molar-refractivity contribution in [2.75, 3.05) is 0 Å². The van der Waals surface area contributed by atoms with Crippen molar-refractivity contribution in [2.24, 2.45) is 10.8 Å². The Kier molecular flexibility index (Phi) is 15.7. The summed E-state index contributed by atoms with van der Waals surface area (Å²) in [6, 6.07) is 14.9. The first-order valence-corrected chi connectivity index (χ1v) is 13.9. The summed E-state index contributed by atoms with van der Waals surface area (Å²) in [4.78, 5) is 30.9. The minimum atomic E-state index is -0.720. The molecule has 0 unspecified atom stereocenters. The number of rotatable bonds is 6. The Hall–Kier alpha value is -3.63. The van der Waals surface area contributed by atoms with Crippen LogP contribution >= 0.6 is 0 Å². The van der Waals surface area contributed by atoms with Gasteiger partial charge in [0.1, 0.15) is 11.6 Å². The van der Waals surface area contributed by atoms with Gasteiger partial charge in [0.25, 0.3) is 0 Å². The first-order valence-electron chi connectivity index (χ1n) is 13.9. The largest absolute Gasteiger partial charge is 0.392 e. The number of pyridine rings is 2. The van der Waals surface area contributed by atoms with Gasteiger partial charge in [0.2, 0.25) is 0 Å². The smallest absolute Gasteiger partial charge is 0.145 e. The van der Waals surface area contributed by atoms with Crippen molar-refractivity contribution in [1.29, 1.82) is 0 Å². The Morgan fingerprint density at radius 3 is 1.30 bits per heavy atom. The van der Waals surface area contributed by atoms with Crippen LogP contribution in [0.25, 0.3) is 22.5 Å². The second kappa shape index (κ2) is 17.9. The van der Waals surface area contributed by atoms with Gasteiger partial charge in [-0.25, -0.2) is 0 Å². The molecule has 0 aliphatic heterocycles. The van der Waals surface area contributed by atoms with E-state index < -0.39 is 34.1 Å². The molecule has 4 aromatic rings. The molecule has 0 amide bonds. The fourth-order valence-electron chi connectivity index (χ4n) is 3.38. The van der Waals surface area contributed by atoms with Gasteiger partial charge in [-0.2, -0.15) is 0 Å². The zero-order valence-electron chi connectivity index (χ0n) is 26.3. The second-order valence-electron chi connectivity index (χ2n) is 12.0. The van der Waals surface area contributed by atoms with E-state index in [9.17, 15) is 27.2 Å². The fraction of sp³-hybridized carbons (Fsp3) is 0.314. The van der Waals surface area contributed by atoms with Crippen LogP contribution in [0.1, 0.15) is 59.1 Å². The molecule has 0 aliphatic carbocycles. The number of nitrogens with zero attached hydrogens (tertiary/aromatic N) is 2. The minimum Gasteiger partial charge on any atom is -0.392 e. The third-order valence-electron chi connectivity index (χ3n) is 6.24. The molecule has 0 atom stereocenters. The van der Waals surface area contributed by atoms with Crippen molar-refractivity contribution in [2.45, 2.75) is 61.2 Å². The third-order valence-corrected chi connectivity index (χ3v) is 6.24. The fourth-order valence-corrected chi connectivity index (χ4v) is 3.38. The molecule has 11 heteroatoms. The van der Waals surface area contributed by atoms with Crippen molar-refractivity contribution >= 4 is 11.6 Å². The number of Topliss-reactive ketones (excluding diaryl/α,β-unsaturated/α-hetero) is 2. The summed E-state index contributed by atoms with van der Waals surface area (Å²) in [5, 5.41) is 17.9. The molecule has 249 valence electrons. The van der Waals surface area contributed by atoms with E-state index in [0.29, 0.717) is 22.5 Å². The summed E-state index contributed by atoms with van der Waals surface area (Å²) in [5.74, 6) is -2.76. The topological polar surface area (TPSA) is 100 Å². The molecule has 0 saturated carbocycles. The molecule has 4 rings (SSSR count). The number of aromatic nitrogens is 2. The number of aliphatic hydroxyl groups is 2. The average molecular weight is 817 g/mol. The van der Waals surface area contributed by atoms with Crippen molar-refractivity contribution in [3.63, 3.8) is 0 Å². The molecule has 0 spiro atoms. The number of hydrogen-bond acceptors (Lipinski definition) is 6. The number of ketones is 2. The van der Waals surface area contributed by atoms with E-state index in [2.05, 4.69) is 22.1 Å². The van der Waals surface area contributed by atoms with Crippen LogP contribution in [0.5, 0.6) is 0 Å². The van der Waals surface area contributed by atoms with Crippen LogP contribution in [0, 0.1) is 46.2 Å². The molecule has 0 saturated heterocycles. The standard InChI is InChI=1S/2C12H8F2NO.C11H20O2.Ir/c2*13-9-1-2-10(11(14)6-9)12-5-8(7-16)3-4-15-12;1-10(2,3)8(12)7-9(13)11(4,5)6;/h2*1,3-6,16H,7H2;7H2,1-6H3;/q2*-1;;. The van der Waals surface area contributed by atoms with Crippen molar-refractivity contribution in [1.82, 2.24) is 9.97 Å². The van der Waals surface area contributed by atoms with Crippen LogP contribution in [0.2, 0.25) is 0 Å². The van der Waals surface area contributed by atoms with Gasteiger partial charge in [-0.15, -0.1) is 24.3 Å². The monoisotopic (exact) mass is 817 g/mol. The van der Waals surface area contributed by atoms with Crippen LogP contribution in [0.3, 0.4) is 0 Å². The van der Waals surface area contributed by atoms with E-state index in [4.69, 9.17) is 10.2 Å². The van der Waals surface area contributed by atoms with E-state index in [0.717, 1.165) is 24.3 Å². The molecule has 0 aliphatic rings. The first kappa shape index (κ1) is 40.4. The number of aliphatic hydroxyl groups excluding tert-OH is 2. The van der Waals surface area contributed by atoms with Crippen LogP contribution in [-0.4, -0.2) is 31.7 Å². The summed E-state index contributed by atoms with van der Waals surface area (Å²) in [5.41, 5.74) is 1.26. The average Bonchev–Trinajstić information content (AvgIpc) is 2.97. The van der Waals surface area contributed by atoms with E-state index in [-0.39, 0.29) is 62.4 Å². The molecule has 2 aromatic heterocycles. The Morgan fingerprint density at radius 1 is 0.674 bits per heavy atom. The predicted octanol–water partition coefficient (Wildman–Crippen LogP) is 7.24. The van der Waals surface area contributed by atoms with E-state index in [1.165, 1.54) is 24.5 Å². The molecule has 2 N–H and O–H groups in total. The molecule has 46 heavy (non-hydrogen) atoms. The zero-order valence-corrected chi connectivity index (χ0v) is 28.7. The number of benzene rings is 2. The number of hydrogen-bond donors (Lipinski definition) is 2. The van der Waals surface area contributed by atoms with Gasteiger partial charge < -0.3 is 20.2 Å². The van der Waals surface area contributed by atoms with Crippen molar-refractivity contribution in [3.8, 4) is 22.5 Å². The summed E-state index contributed by atoms with van der Waals surface area (Å²) >= 11 is 0. The van der Waals surface area contributed by atoms with Crippen molar-refractivity contribution in [3.05, 3.63) is 107 Å². The van der Waals surface area contributed by atoms with Gasteiger partial charge in [-0.1, -0.05) is 76.9 Å². The maximum absolute atomic E-state index is 13.4. The van der Waals surface area contributed by atoms with Gasteiger partial charge in [0.15, 0.2) is 0 Å². The Morgan fingerprint density at radius 2 is 1.02 bits per heavy atom. The van der Waals surface area contributed by atoms with Crippen LogP contribution in [-0.2, 0) is 42.9 Å². The Bertz CT molecular complexity index is 1500. The quantitative estimate of drug-likeness (QED) is 0.121. The van der Waals surface area contributed by atoms with Gasteiger partial charge in [-0.05, 0) is 34.6 Å². The molecule has 2 aromatic carbocycles. The molecular weight excluding hydrogens is 781 g/mol. The second-order valence-corrected chi connectivity index (χ2v) is 12.0. The summed E-state index contributed by atoms with van der Waals surface area (Å²) in [6.45, 7) is 10.7. The molecular formula is C35H36F4IrN2O4-2. The van der Waals surface area contributed by atoms with Gasteiger partial charge in [-0.3, -0.25) is 27.2 Å². The van der Waals surface area contributed by atoms with Gasteiger partial charge in [0, 0.05) is 66.6 Å². The minimum absolute atomic E-state index is 0. The third kappa shape index (κ3) is 12.6. The molecule has 0 fully saturated rings. The van der Waals surface area contributed by atoms with Crippen LogP contribution < -0.4 is 0 Å². The maximum Gasteiger partial charge on any atom is 0.145 e. The van der Waals surface area contributed by atoms with Gasteiger partial charge in [0.05, 0.1) is 19.6 Å². The normalized spacial score (nSPS) is 10.9. The van der Waals surface area contributed by atoms with Crippen LogP contribution in [0.4, 0.5) is 17.6 Å². The maximum atomic E-state index is 13.4. The number of halogens is 4. The molecule has 2 heterocycles. The van der Waals surface area contributed by atoms with Crippen molar-refractivity contribution < 1.29 is 57.5 Å². The summed E-state index contributed by atoms with van der Waals surface area (Å²) in [7, 11) is 0. The molecule has 1 radical (unpaired) electrons. The summed E-state index contributed by atoms with van der Waals surface area (Å²) in [6.07, 6.45) is 2.97. The SMILES string of the molecule is CC(C)(C)C(=O)CC(=O)C(C)(C)C.OCc1ccnc(-c2[c-]cc(F)cc2F)c1.OCc1ccnc(-c2[c-]cc(F)cc2F)c1.[Ir]. The predicted molar refractivity (Wildman–Crippen MR) is 162 cm³/mol. The number of carbonyl (C=O) groups excluding carboxylic acids is 2. The van der Waals surface area contributed by atoms with Crippen LogP contribution in [0.15, 0.2) is 60.9 Å². The zero-order chi connectivity index (χ0) is 33.9. The molecule has 6 nitrogen and oxygen atoms in total.